The first kappa shape index (κ1) is 15.9. The van der Waals surface area contributed by atoms with Crippen LogP contribution in [0.3, 0.4) is 0 Å². The van der Waals surface area contributed by atoms with Crippen LogP contribution in [0, 0.1) is 13.8 Å². The van der Waals surface area contributed by atoms with E-state index < -0.39 is 12.0 Å². The zero-order chi connectivity index (χ0) is 15.9. The molecule has 0 aromatic heterocycles. The molecule has 0 amide bonds. The molecule has 21 heavy (non-hydrogen) atoms. The summed E-state index contributed by atoms with van der Waals surface area (Å²) in [6, 6.07) is 3.95. The Morgan fingerprint density at radius 2 is 1.95 bits per heavy atom. The maximum atomic E-state index is 11.7. The van der Waals surface area contributed by atoms with Gasteiger partial charge in [0.25, 0.3) is 0 Å². The Kier molecular flexibility index (Phi) is 4.05. The van der Waals surface area contributed by atoms with E-state index in [0.717, 1.165) is 12.1 Å². The number of carbonyl (C=O) groups is 1. The SMILES string of the molecule is CC[C@@H](C(=O)O)N1c2cc(C)c(C)cc2[C@H](C)CC1(C)C. The topological polar surface area (TPSA) is 40.5 Å². The Balaban J connectivity index is 2.66. The lowest BCUT2D eigenvalue weighted by molar-refractivity contribution is -0.139. The van der Waals surface area contributed by atoms with Crippen LogP contribution in [0.2, 0.25) is 0 Å². The molecule has 0 spiro atoms. The number of benzene rings is 1. The summed E-state index contributed by atoms with van der Waals surface area (Å²) in [6.07, 6.45) is 1.59. The molecule has 0 aliphatic carbocycles. The molecule has 1 aliphatic rings. The van der Waals surface area contributed by atoms with E-state index in [1.165, 1.54) is 16.7 Å². The van der Waals surface area contributed by atoms with Gasteiger partial charge in [-0.15, -0.1) is 0 Å². The van der Waals surface area contributed by atoms with Crippen molar-refractivity contribution in [3.8, 4) is 0 Å². The lowest BCUT2D eigenvalue weighted by Crippen LogP contribution is -2.56. The van der Waals surface area contributed by atoms with E-state index in [1.807, 2.05) is 6.92 Å². The molecule has 0 saturated heterocycles. The van der Waals surface area contributed by atoms with Crippen LogP contribution in [-0.2, 0) is 4.79 Å². The molecule has 1 N–H and O–H groups in total. The molecule has 1 heterocycles. The van der Waals surface area contributed by atoms with E-state index in [2.05, 4.69) is 51.7 Å². The van der Waals surface area contributed by atoms with Crippen molar-refractivity contribution in [1.82, 2.24) is 0 Å². The molecule has 3 heteroatoms. The molecule has 2 atom stereocenters. The van der Waals surface area contributed by atoms with Crippen LogP contribution in [-0.4, -0.2) is 22.7 Å². The highest BCUT2D eigenvalue weighted by Gasteiger charge is 2.41. The third-order valence-corrected chi connectivity index (χ3v) is 4.87. The summed E-state index contributed by atoms with van der Waals surface area (Å²) >= 11 is 0. The quantitative estimate of drug-likeness (QED) is 0.904. The van der Waals surface area contributed by atoms with E-state index in [9.17, 15) is 9.90 Å². The van der Waals surface area contributed by atoms with Gasteiger partial charge in [0.2, 0.25) is 0 Å². The van der Waals surface area contributed by atoms with Crippen LogP contribution in [0.15, 0.2) is 12.1 Å². The summed E-state index contributed by atoms with van der Waals surface area (Å²) in [5.41, 5.74) is 4.76. The number of aryl methyl sites for hydroxylation is 2. The minimum atomic E-state index is -0.732. The maximum absolute atomic E-state index is 11.7. The fourth-order valence-corrected chi connectivity index (χ4v) is 3.77. The van der Waals surface area contributed by atoms with Gasteiger partial charge in [-0.3, -0.25) is 0 Å². The summed E-state index contributed by atoms with van der Waals surface area (Å²) in [4.78, 5) is 13.9. The third kappa shape index (κ3) is 2.66. The second kappa shape index (κ2) is 5.36. The summed E-state index contributed by atoms with van der Waals surface area (Å²) in [5, 5.41) is 9.63. The standard InChI is InChI=1S/C18H27NO2/c1-7-15(17(20)21)19-16-9-12(3)11(2)8-14(16)13(4)10-18(19,5)6/h8-9,13,15H,7,10H2,1-6H3,(H,20,21)/t13-,15+/m1/s1. The van der Waals surface area contributed by atoms with Crippen LogP contribution < -0.4 is 4.90 Å². The summed E-state index contributed by atoms with van der Waals surface area (Å²) in [7, 11) is 0. The Bertz CT molecular complexity index is 563. The van der Waals surface area contributed by atoms with Crippen molar-refractivity contribution in [1.29, 1.82) is 0 Å². The van der Waals surface area contributed by atoms with Crippen molar-refractivity contribution in [2.24, 2.45) is 0 Å². The van der Waals surface area contributed by atoms with Gasteiger partial charge in [-0.2, -0.15) is 0 Å². The fraction of sp³-hybridized carbons (Fsp3) is 0.611. The number of anilines is 1. The lowest BCUT2D eigenvalue weighted by atomic mass is 9.78. The lowest BCUT2D eigenvalue weighted by Gasteiger charge is -2.50. The second-order valence-electron chi connectivity index (χ2n) is 7.05. The number of nitrogens with zero attached hydrogens (tertiary/aromatic N) is 1. The van der Waals surface area contributed by atoms with Crippen molar-refractivity contribution in [3.63, 3.8) is 0 Å². The Labute approximate surface area is 128 Å². The van der Waals surface area contributed by atoms with Crippen molar-refractivity contribution in [2.45, 2.75) is 71.9 Å². The Morgan fingerprint density at radius 1 is 1.38 bits per heavy atom. The summed E-state index contributed by atoms with van der Waals surface area (Å²) in [5.74, 6) is -0.277. The Morgan fingerprint density at radius 3 is 2.48 bits per heavy atom. The normalized spacial score (nSPS) is 21.8. The van der Waals surface area contributed by atoms with Gasteiger partial charge in [0.05, 0.1) is 0 Å². The van der Waals surface area contributed by atoms with E-state index in [4.69, 9.17) is 0 Å². The van der Waals surface area contributed by atoms with Gasteiger partial charge < -0.3 is 10.0 Å². The predicted molar refractivity (Wildman–Crippen MR) is 87.2 cm³/mol. The van der Waals surface area contributed by atoms with Gasteiger partial charge in [0, 0.05) is 11.2 Å². The molecule has 2 rings (SSSR count). The molecule has 1 aliphatic heterocycles. The highest BCUT2D eigenvalue weighted by Crippen LogP contribution is 2.45. The summed E-state index contributed by atoms with van der Waals surface area (Å²) in [6.45, 7) is 12.7. The monoisotopic (exact) mass is 289 g/mol. The number of hydrogen-bond donors (Lipinski definition) is 1. The zero-order valence-electron chi connectivity index (χ0n) is 14.0. The molecule has 3 nitrogen and oxygen atoms in total. The van der Waals surface area contributed by atoms with Gasteiger partial charge in [-0.1, -0.05) is 19.9 Å². The minimum absolute atomic E-state index is 0.146. The number of aliphatic carboxylic acids is 1. The highest BCUT2D eigenvalue weighted by molar-refractivity contribution is 5.80. The minimum Gasteiger partial charge on any atom is -0.480 e. The molecule has 0 fully saturated rings. The fourth-order valence-electron chi connectivity index (χ4n) is 3.77. The number of fused-ring (bicyclic) bond motifs is 1. The molecule has 1 aromatic rings. The largest absolute Gasteiger partial charge is 0.480 e. The van der Waals surface area contributed by atoms with E-state index >= 15 is 0 Å². The van der Waals surface area contributed by atoms with Gasteiger partial charge in [0.15, 0.2) is 0 Å². The average Bonchev–Trinajstić information content (AvgIpc) is 2.36. The molecule has 0 unspecified atom stereocenters. The number of carboxylic acid groups (broad SMARTS) is 1. The Hall–Kier alpha value is -1.51. The number of hydrogen-bond acceptors (Lipinski definition) is 2. The molecule has 116 valence electrons. The van der Waals surface area contributed by atoms with E-state index in [-0.39, 0.29) is 5.54 Å². The molecular weight excluding hydrogens is 262 g/mol. The smallest absolute Gasteiger partial charge is 0.326 e. The van der Waals surface area contributed by atoms with Crippen LogP contribution >= 0.6 is 0 Å². The first-order valence-electron chi connectivity index (χ1n) is 7.82. The van der Waals surface area contributed by atoms with Crippen molar-refractivity contribution < 1.29 is 9.90 Å². The van der Waals surface area contributed by atoms with Crippen LogP contribution in [0.25, 0.3) is 0 Å². The van der Waals surface area contributed by atoms with Crippen molar-refractivity contribution >= 4 is 11.7 Å². The first-order valence-corrected chi connectivity index (χ1v) is 7.82. The molecule has 0 saturated carbocycles. The van der Waals surface area contributed by atoms with Gasteiger partial charge in [-0.25, -0.2) is 4.79 Å². The molecule has 0 radical (unpaired) electrons. The molecule has 1 aromatic carbocycles. The van der Waals surface area contributed by atoms with Crippen LogP contribution in [0.1, 0.15) is 63.1 Å². The van der Waals surface area contributed by atoms with Crippen LogP contribution in [0.5, 0.6) is 0 Å². The third-order valence-electron chi connectivity index (χ3n) is 4.87. The van der Waals surface area contributed by atoms with Gasteiger partial charge >= 0.3 is 5.97 Å². The van der Waals surface area contributed by atoms with Crippen LogP contribution in [0.4, 0.5) is 5.69 Å². The number of rotatable bonds is 3. The van der Waals surface area contributed by atoms with E-state index in [0.29, 0.717) is 12.3 Å². The van der Waals surface area contributed by atoms with Gasteiger partial charge in [-0.05, 0) is 69.2 Å². The zero-order valence-corrected chi connectivity index (χ0v) is 14.0. The van der Waals surface area contributed by atoms with Gasteiger partial charge in [0.1, 0.15) is 6.04 Å². The predicted octanol–water partition coefficient (Wildman–Crippen LogP) is 4.26. The highest BCUT2D eigenvalue weighted by atomic mass is 16.4. The second-order valence-corrected chi connectivity index (χ2v) is 7.05. The summed E-state index contributed by atoms with van der Waals surface area (Å²) < 4.78 is 0. The van der Waals surface area contributed by atoms with Crippen molar-refractivity contribution in [2.75, 3.05) is 4.90 Å². The first-order chi connectivity index (χ1) is 9.69. The van der Waals surface area contributed by atoms with Crippen molar-refractivity contribution in [3.05, 3.63) is 28.8 Å². The molecule has 0 bridgehead atoms. The maximum Gasteiger partial charge on any atom is 0.326 e. The molecular formula is C18H27NO2. The average molecular weight is 289 g/mol. The number of carboxylic acids is 1. The van der Waals surface area contributed by atoms with E-state index in [1.54, 1.807) is 0 Å².